The topological polar surface area (TPSA) is 68.0 Å². The average Bonchev–Trinajstić information content (AvgIpc) is 2.30. The van der Waals surface area contributed by atoms with E-state index in [1.165, 1.54) is 0 Å². The number of pyridine rings is 1. The fourth-order valence-corrected chi connectivity index (χ4v) is 2.08. The van der Waals surface area contributed by atoms with Gasteiger partial charge in [0.25, 0.3) is 0 Å². The lowest BCUT2D eigenvalue weighted by molar-refractivity contribution is -0.122. The van der Waals surface area contributed by atoms with Crippen molar-refractivity contribution >= 4 is 11.6 Å². The Labute approximate surface area is 95.3 Å². The van der Waals surface area contributed by atoms with E-state index in [1.807, 2.05) is 6.07 Å². The second-order valence-corrected chi connectivity index (χ2v) is 4.28. The zero-order valence-corrected chi connectivity index (χ0v) is 9.28. The van der Waals surface area contributed by atoms with Crippen LogP contribution in [0, 0.1) is 5.92 Å². The number of carbonyl (C=O) groups excluding carboxylic acids is 1. The Bertz CT molecular complexity index is 372. The summed E-state index contributed by atoms with van der Waals surface area (Å²) in [5.41, 5.74) is 6.54. The molecule has 0 amide bonds. The molecule has 4 heteroatoms. The van der Waals surface area contributed by atoms with Crippen molar-refractivity contribution in [2.45, 2.75) is 19.3 Å². The first-order chi connectivity index (χ1) is 7.75. The van der Waals surface area contributed by atoms with Crippen molar-refractivity contribution in [2.75, 3.05) is 18.8 Å². The standard InChI is InChI=1S/C12H17N3O/c13-12-7-9(3-5-15-12)6-11(16)10-2-1-4-14-8-10/h3,5,7,10,14H,1-2,4,6,8H2,(H2,13,15). The lowest BCUT2D eigenvalue weighted by atomic mass is 9.91. The molecule has 86 valence electrons. The highest BCUT2D eigenvalue weighted by atomic mass is 16.1. The van der Waals surface area contributed by atoms with Gasteiger partial charge >= 0.3 is 0 Å². The molecule has 16 heavy (non-hydrogen) atoms. The molecular formula is C12H17N3O. The maximum atomic E-state index is 12.0. The Morgan fingerprint density at radius 3 is 3.19 bits per heavy atom. The SMILES string of the molecule is Nc1cc(CC(=O)C2CCCNC2)ccn1. The highest BCUT2D eigenvalue weighted by Gasteiger charge is 2.20. The molecule has 2 heterocycles. The van der Waals surface area contributed by atoms with Gasteiger partial charge in [-0.1, -0.05) is 0 Å². The molecule has 4 nitrogen and oxygen atoms in total. The molecule has 1 saturated heterocycles. The number of nitrogens with two attached hydrogens (primary N) is 1. The Hall–Kier alpha value is -1.42. The third-order valence-corrected chi connectivity index (χ3v) is 2.98. The molecule has 0 aromatic carbocycles. The van der Waals surface area contributed by atoms with Gasteiger partial charge in [0.2, 0.25) is 0 Å². The first kappa shape index (κ1) is 11.1. The number of ketones is 1. The van der Waals surface area contributed by atoms with E-state index in [-0.39, 0.29) is 5.92 Å². The summed E-state index contributed by atoms with van der Waals surface area (Å²) >= 11 is 0. The van der Waals surface area contributed by atoms with Crippen LogP contribution >= 0.6 is 0 Å². The summed E-state index contributed by atoms with van der Waals surface area (Å²) in [6.45, 7) is 1.85. The molecule has 2 rings (SSSR count). The van der Waals surface area contributed by atoms with Crippen molar-refractivity contribution in [2.24, 2.45) is 5.92 Å². The minimum atomic E-state index is 0.170. The van der Waals surface area contributed by atoms with Gasteiger partial charge in [0.05, 0.1) is 0 Å². The fraction of sp³-hybridized carbons (Fsp3) is 0.500. The van der Waals surface area contributed by atoms with Gasteiger partial charge < -0.3 is 11.1 Å². The van der Waals surface area contributed by atoms with Gasteiger partial charge in [-0.05, 0) is 37.1 Å². The summed E-state index contributed by atoms with van der Waals surface area (Å²) in [7, 11) is 0. The third-order valence-electron chi connectivity index (χ3n) is 2.98. The van der Waals surface area contributed by atoms with Gasteiger partial charge in [0.15, 0.2) is 0 Å². The van der Waals surface area contributed by atoms with Crippen molar-refractivity contribution in [3.63, 3.8) is 0 Å². The number of hydrogen-bond acceptors (Lipinski definition) is 4. The molecule has 0 saturated carbocycles. The van der Waals surface area contributed by atoms with Crippen LogP contribution in [-0.2, 0) is 11.2 Å². The number of nitrogens with one attached hydrogen (secondary N) is 1. The predicted octanol–water partition coefficient (Wildman–Crippen LogP) is 0.775. The third kappa shape index (κ3) is 2.79. The van der Waals surface area contributed by atoms with Crippen molar-refractivity contribution in [3.05, 3.63) is 23.9 Å². The number of hydrogen-bond donors (Lipinski definition) is 2. The summed E-state index contributed by atoms with van der Waals surface area (Å²) < 4.78 is 0. The summed E-state index contributed by atoms with van der Waals surface area (Å²) in [6.07, 6.45) is 4.22. The average molecular weight is 219 g/mol. The van der Waals surface area contributed by atoms with Crippen LogP contribution in [0.3, 0.4) is 0 Å². The number of nitrogen functional groups attached to an aromatic ring is 1. The molecule has 1 aliphatic rings. The zero-order valence-electron chi connectivity index (χ0n) is 9.28. The van der Waals surface area contributed by atoms with Crippen molar-refractivity contribution in [3.8, 4) is 0 Å². The molecule has 0 radical (unpaired) electrons. The van der Waals surface area contributed by atoms with E-state index in [0.717, 1.165) is 31.5 Å². The highest BCUT2D eigenvalue weighted by molar-refractivity contribution is 5.83. The number of aromatic nitrogens is 1. The Morgan fingerprint density at radius 2 is 2.50 bits per heavy atom. The molecule has 1 fully saturated rings. The minimum absolute atomic E-state index is 0.170. The highest BCUT2D eigenvalue weighted by Crippen LogP contribution is 2.14. The van der Waals surface area contributed by atoms with Crippen LogP contribution in [-0.4, -0.2) is 23.9 Å². The van der Waals surface area contributed by atoms with E-state index in [0.29, 0.717) is 18.0 Å². The van der Waals surface area contributed by atoms with E-state index in [1.54, 1.807) is 12.3 Å². The maximum Gasteiger partial charge on any atom is 0.141 e. The summed E-state index contributed by atoms with van der Waals surface area (Å²) in [6, 6.07) is 3.62. The van der Waals surface area contributed by atoms with E-state index < -0.39 is 0 Å². The van der Waals surface area contributed by atoms with Crippen LogP contribution in [0.4, 0.5) is 5.82 Å². The molecular weight excluding hydrogens is 202 g/mol. The Kier molecular flexibility index (Phi) is 3.51. The number of Topliss-reactive ketones (excluding diaryl/α,β-unsaturated/α-hetero) is 1. The smallest absolute Gasteiger partial charge is 0.141 e. The molecule has 1 unspecified atom stereocenters. The molecule has 1 aromatic heterocycles. The first-order valence-corrected chi connectivity index (χ1v) is 5.69. The van der Waals surface area contributed by atoms with Crippen LogP contribution in [0.25, 0.3) is 0 Å². The summed E-state index contributed by atoms with van der Waals surface area (Å²) in [5.74, 6) is 0.952. The normalized spacial score (nSPS) is 20.6. The van der Waals surface area contributed by atoms with Crippen LogP contribution in [0.15, 0.2) is 18.3 Å². The van der Waals surface area contributed by atoms with Crippen molar-refractivity contribution < 1.29 is 4.79 Å². The van der Waals surface area contributed by atoms with Crippen molar-refractivity contribution in [1.82, 2.24) is 10.3 Å². The summed E-state index contributed by atoms with van der Waals surface area (Å²) in [4.78, 5) is 15.9. The molecule has 0 bridgehead atoms. The number of carbonyl (C=O) groups is 1. The molecule has 1 atom stereocenters. The zero-order chi connectivity index (χ0) is 11.4. The molecule has 1 aromatic rings. The molecule has 3 N–H and O–H groups in total. The van der Waals surface area contributed by atoms with Gasteiger partial charge in [-0.25, -0.2) is 4.98 Å². The lowest BCUT2D eigenvalue weighted by Gasteiger charge is -2.21. The first-order valence-electron chi connectivity index (χ1n) is 5.69. The van der Waals surface area contributed by atoms with Crippen LogP contribution < -0.4 is 11.1 Å². The van der Waals surface area contributed by atoms with Gasteiger partial charge in [-0.15, -0.1) is 0 Å². The van der Waals surface area contributed by atoms with E-state index in [9.17, 15) is 4.79 Å². The fourth-order valence-electron chi connectivity index (χ4n) is 2.08. The van der Waals surface area contributed by atoms with E-state index in [4.69, 9.17) is 5.73 Å². The number of anilines is 1. The lowest BCUT2D eigenvalue weighted by Crippen LogP contribution is -2.35. The van der Waals surface area contributed by atoms with Gasteiger partial charge in [0, 0.05) is 25.1 Å². The maximum absolute atomic E-state index is 12.0. The predicted molar refractivity (Wildman–Crippen MR) is 63.0 cm³/mol. The minimum Gasteiger partial charge on any atom is -0.384 e. The second kappa shape index (κ2) is 5.07. The van der Waals surface area contributed by atoms with Gasteiger partial charge in [0.1, 0.15) is 11.6 Å². The van der Waals surface area contributed by atoms with E-state index >= 15 is 0 Å². The monoisotopic (exact) mass is 219 g/mol. The molecule has 0 aliphatic carbocycles. The van der Waals surface area contributed by atoms with Crippen LogP contribution in [0.2, 0.25) is 0 Å². The number of piperidine rings is 1. The largest absolute Gasteiger partial charge is 0.384 e. The number of rotatable bonds is 3. The van der Waals surface area contributed by atoms with Crippen LogP contribution in [0.5, 0.6) is 0 Å². The Balaban J connectivity index is 1.96. The molecule has 0 spiro atoms. The molecule has 1 aliphatic heterocycles. The quantitative estimate of drug-likeness (QED) is 0.788. The van der Waals surface area contributed by atoms with Gasteiger partial charge in [-0.3, -0.25) is 4.79 Å². The Morgan fingerprint density at radius 1 is 1.62 bits per heavy atom. The van der Waals surface area contributed by atoms with Gasteiger partial charge in [-0.2, -0.15) is 0 Å². The second-order valence-electron chi connectivity index (χ2n) is 4.28. The van der Waals surface area contributed by atoms with Crippen LogP contribution in [0.1, 0.15) is 18.4 Å². The number of nitrogens with zero attached hydrogens (tertiary/aromatic N) is 1. The van der Waals surface area contributed by atoms with Crippen molar-refractivity contribution in [1.29, 1.82) is 0 Å². The summed E-state index contributed by atoms with van der Waals surface area (Å²) in [5, 5.41) is 3.26. The van der Waals surface area contributed by atoms with E-state index in [2.05, 4.69) is 10.3 Å².